The lowest BCUT2D eigenvalue weighted by molar-refractivity contribution is -0.119. The Bertz CT molecular complexity index is 1230. The molecule has 1 N–H and O–H groups in total. The molecule has 0 aliphatic rings. The number of hydrogen-bond acceptors (Lipinski definition) is 5. The highest BCUT2D eigenvalue weighted by Gasteiger charge is 2.27. The second-order valence-electron chi connectivity index (χ2n) is 6.46. The first-order valence-electron chi connectivity index (χ1n) is 9.30. The van der Waals surface area contributed by atoms with E-state index in [2.05, 4.69) is 10.5 Å². The maximum Gasteiger partial charge on any atom is 0.264 e. The number of benzene rings is 3. The molecule has 166 valence electrons. The average molecular weight is 492 g/mol. The number of rotatable bonds is 8. The molecular weight excluding hydrogens is 473 g/mol. The van der Waals surface area contributed by atoms with Gasteiger partial charge in [-0.2, -0.15) is 5.10 Å². The number of hydrazone groups is 1. The first-order valence-corrected chi connectivity index (χ1v) is 11.5. The predicted molar refractivity (Wildman–Crippen MR) is 126 cm³/mol. The number of carbonyl (C=O) groups is 1. The number of amides is 1. The van der Waals surface area contributed by atoms with Crippen molar-refractivity contribution in [1.82, 2.24) is 5.43 Å². The van der Waals surface area contributed by atoms with E-state index in [1.807, 2.05) is 0 Å². The van der Waals surface area contributed by atoms with Gasteiger partial charge >= 0.3 is 0 Å². The van der Waals surface area contributed by atoms with E-state index in [1.165, 1.54) is 43.7 Å². The summed E-state index contributed by atoms with van der Waals surface area (Å²) >= 11 is 12.2. The van der Waals surface area contributed by atoms with Gasteiger partial charge in [0.2, 0.25) is 0 Å². The van der Waals surface area contributed by atoms with Crippen molar-refractivity contribution in [3.63, 3.8) is 0 Å². The number of anilines is 1. The lowest BCUT2D eigenvalue weighted by Crippen LogP contribution is -2.39. The molecule has 0 unspecified atom stereocenters. The Morgan fingerprint density at radius 2 is 1.72 bits per heavy atom. The van der Waals surface area contributed by atoms with E-state index in [9.17, 15) is 13.2 Å². The van der Waals surface area contributed by atoms with Crippen LogP contribution >= 0.6 is 23.2 Å². The van der Waals surface area contributed by atoms with Crippen molar-refractivity contribution >= 4 is 51.0 Å². The Kier molecular flexibility index (Phi) is 7.74. The fourth-order valence-electron chi connectivity index (χ4n) is 2.76. The summed E-state index contributed by atoms with van der Waals surface area (Å²) in [6, 6.07) is 19.2. The van der Waals surface area contributed by atoms with Crippen LogP contribution in [0.4, 0.5) is 5.69 Å². The Morgan fingerprint density at radius 3 is 2.38 bits per heavy atom. The van der Waals surface area contributed by atoms with Gasteiger partial charge in [0.25, 0.3) is 15.9 Å². The molecule has 0 saturated heterocycles. The summed E-state index contributed by atoms with van der Waals surface area (Å²) in [5.41, 5.74) is 3.13. The van der Waals surface area contributed by atoms with Crippen molar-refractivity contribution in [2.75, 3.05) is 18.0 Å². The van der Waals surface area contributed by atoms with Gasteiger partial charge in [-0.25, -0.2) is 13.8 Å². The zero-order valence-electron chi connectivity index (χ0n) is 16.9. The van der Waals surface area contributed by atoms with Crippen molar-refractivity contribution < 1.29 is 17.9 Å². The summed E-state index contributed by atoms with van der Waals surface area (Å²) in [6.07, 6.45) is 1.38. The van der Waals surface area contributed by atoms with Crippen LogP contribution in [0.3, 0.4) is 0 Å². The average Bonchev–Trinajstić information content (AvgIpc) is 2.79. The van der Waals surface area contributed by atoms with Gasteiger partial charge in [0.15, 0.2) is 0 Å². The first kappa shape index (κ1) is 23.6. The molecule has 0 aliphatic carbocycles. The van der Waals surface area contributed by atoms with Crippen molar-refractivity contribution in [2.24, 2.45) is 5.10 Å². The van der Waals surface area contributed by atoms with Gasteiger partial charge in [-0.1, -0.05) is 59.6 Å². The van der Waals surface area contributed by atoms with Crippen molar-refractivity contribution in [2.45, 2.75) is 4.90 Å². The van der Waals surface area contributed by atoms with Gasteiger partial charge < -0.3 is 4.74 Å². The zero-order valence-corrected chi connectivity index (χ0v) is 19.2. The molecule has 0 bridgehead atoms. The minimum atomic E-state index is -4.07. The Hall–Kier alpha value is -3.07. The largest absolute Gasteiger partial charge is 0.495 e. The third-order valence-corrected chi connectivity index (χ3v) is 6.77. The third-order valence-electron chi connectivity index (χ3n) is 4.34. The van der Waals surface area contributed by atoms with Crippen LogP contribution in [0.1, 0.15) is 5.56 Å². The number of sulfonamides is 1. The molecule has 3 rings (SSSR count). The van der Waals surface area contributed by atoms with Gasteiger partial charge in [-0.15, -0.1) is 0 Å². The van der Waals surface area contributed by atoms with Gasteiger partial charge in [-0.05, 0) is 36.4 Å². The smallest absolute Gasteiger partial charge is 0.264 e. The van der Waals surface area contributed by atoms with E-state index in [4.69, 9.17) is 27.9 Å². The van der Waals surface area contributed by atoms with Crippen LogP contribution in [-0.2, 0) is 14.8 Å². The Balaban J connectivity index is 1.88. The van der Waals surface area contributed by atoms with E-state index in [1.54, 1.807) is 42.5 Å². The second kappa shape index (κ2) is 10.5. The third kappa shape index (κ3) is 5.59. The minimum Gasteiger partial charge on any atom is -0.495 e. The summed E-state index contributed by atoms with van der Waals surface area (Å²) in [5.74, 6) is -0.277. The van der Waals surface area contributed by atoms with Crippen molar-refractivity contribution in [3.8, 4) is 5.75 Å². The normalized spacial score (nSPS) is 11.3. The quantitative estimate of drug-likeness (QED) is 0.374. The molecule has 0 heterocycles. The summed E-state index contributed by atoms with van der Waals surface area (Å²) in [6.45, 7) is -0.528. The van der Waals surface area contributed by atoms with Crippen LogP contribution in [0, 0.1) is 0 Å². The van der Waals surface area contributed by atoms with Gasteiger partial charge in [0, 0.05) is 10.6 Å². The summed E-state index contributed by atoms with van der Waals surface area (Å²) < 4.78 is 32.7. The maximum atomic E-state index is 13.3. The van der Waals surface area contributed by atoms with E-state index in [0.717, 1.165) is 4.31 Å². The molecule has 3 aromatic carbocycles. The molecule has 3 aromatic rings. The standard InChI is InChI=1S/C22H19Cl2N3O4S/c1-31-21-12-11-17(13-20(21)24)27(32(29,30)18-8-3-2-4-9-18)15-22(28)26-25-14-16-7-5-6-10-19(16)23/h2-14H,15H2,1H3,(H,26,28)/b25-14-. The van der Waals surface area contributed by atoms with E-state index in [0.29, 0.717) is 16.3 Å². The molecule has 0 aromatic heterocycles. The monoisotopic (exact) mass is 491 g/mol. The fourth-order valence-corrected chi connectivity index (χ4v) is 4.63. The maximum absolute atomic E-state index is 13.3. The van der Waals surface area contributed by atoms with Gasteiger partial charge in [0.05, 0.1) is 28.9 Å². The Morgan fingerprint density at radius 1 is 1.03 bits per heavy atom. The van der Waals surface area contributed by atoms with Crippen LogP contribution in [-0.4, -0.2) is 34.2 Å². The highest BCUT2D eigenvalue weighted by Crippen LogP contribution is 2.31. The highest BCUT2D eigenvalue weighted by molar-refractivity contribution is 7.92. The highest BCUT2D eigenvalue weighted by atomic mass is 35.5. The molecule has 0 aliphatic heterocycles. The molecule has 0 fully saturated rings. The molecule has 0 radical (unpaired) electrons. The number of ether oxygens (including phenoxy) is 1. The zero-order chi connectivity index (χ0) is 23.1. The van der Waals surface area contributed by atoms with E-state index >= 15 is 0 Å². The van der Waals surface area contributed by atoms with Crippen LogP contribution in [0.25, 0.3) is 0 Å². The summed E-state index contributed by atoms with van der Waals surface area (Å²) in [4.78, 5) is 12.6. The van der Waals surface area contributed by atoms with Crippen LogP contribution in [0.2, 0.25) is 10.0 Å². The lowest BCUT2D eigenvalue weighted by atomic mass is 10.2. The first-order chi connectivity index (χ1) is 15.3. The molecular formula is C22H19Cl2N3O4S. The molecule has 7 nitrogen and oxygen atoms in total. The molecule has 10 heteroatoms. The number of halogens is 2. The number of nitrogens with one attached hydrogen (secondary N) is 1. The summed E-state index contributed by atoms with van der Waals surface area (Å²) in [7, 11) is -2.62. The summed E-state index contributed by atoms with van der Waals surface area (Å²) in [5, 5.41) is 4.54. The van der Waals surface area contributed by atoms with Gasteiger partial charge in [-0.3, -0.25) is 9.10 Å². The van der Waals surface area contributed by atoms with Crippen molar-refractivity contribution in [1.29, 1.82) is 0 Å². The topological polar surface area (TPSA) is 88.1 Å². The van der Waals surface area contributed by atoms with Crippen LogP contribution in [0.5, 0.6) is 5.75 Å². The molecule has 1 amide bonds. The van der Waals surface area contributed by atoms with Crippen LogP contribution < -0.4 is 14.5 Å². The van der Waals surface area contributed by atoms with Gasteiger partial charge in [0.1, 0.15) is 12.3 Å². The lowest BCUT2D eigenvalue weighted by Gasteiger charge is -2.24. The van der Waals surface area contributed by atoms with Crippen LogP contribution in [0.15, 0.2) is 82.8 Å². The predicted octanol–water partition coefficient (Wildman–Crippen LogP) is 4.35. The van der Waals surface area contributed by atoms with E-state index < -0.39 is 22.5 Å². The fraction of sp³-hybridized carbons (Fsp3) is 0.0909. The minimum absolute atomic E-state index is 0.0271. The molecule has 0 spiro atoms. The second-order valence-corrected chi connectivity index (χ2v) is 9.13. The molecule has 0 saturated carbocycles. The number of nitrogens with zero attached hydrogens (tertiary/aromatic N) is 2. The molecule has 0 atom stereocenters. The molecule has 32 heavy (non-hydrogen) atoms. The number of methoxy groups -OCH3 is 1. The SMILES string of the molecule is COc1ccc(N(CC(=O)N/N=C\c2ccccc2Cl)S(=O)(=O)c2ccccc2)cc1Cl. The van der Waals surface area contributed by atoms with E-state index in [-0.39, 0.29) is 15.6 Å². The Labute approximate surface area is 196 Å². The number of carbonyl (C=O) groups excluding carboxylic acids is 1. The number of hydrogen-bond donors (Lipinski definition) is 1. The van der Waals surface area contributed by atoms with Crippen molar-refractivity contribution in [3.05, 3.63) is 88.4 Å².